The van der Waals surface area contributed by atoms with Crippen molar-refractivity contribution < 1.29 is 0 Å². The quantitative estimate of drug-likeness (QED) is 0.776. The van der Waals surface area contributed by atoms with E-state index in [0.29, 0.717) is 0 Å². The van der Waals surface area contributed by atoms with Crippen molar-refractivity contribution in [2.45, 2.75) is 0 Å². The van der Waals surface area contributed by atoms with E-state index in [1.165, 1.54) is 0 Å². The number of anilines is 1. The smallest absolute Gasteiger partial charge is 0.128 e. The lowest BCUT2D eigenvalue weighted by atomic mass is 10.3. The molecule has 1 aromatic heterocycles. The molecule has 1 saturated heterocycles. The van der Waals surface area contributed by atoms with Crippen molar-refractivity contribution >= 4 is 18.4 Å². The summed E-state index contributed by atoms with van der Waals surface area (Å²) in [7, 11) is 0. The van der Waals surface area contributed by atoms with E-state index in [1.54, 1.807) is 0 Å². The average Bonchev–Trinajstić information content (AvgIpc) is 2.32. The molecule has 0 saturated carbocycles. The van der Waals surface area contributed by atoms with E-state index < -0.39 is 0 Å². The maximum absolute atomic E-state index is 4.37. The van der Waals surface area contributed by atoms with Gasteiger partial charge in [0, 0.05) is 44.7 Å². The first-order chi connectivity index (χ1) is 7.40. The Labute approximate surface area is 96.5 Å². The molecule has 0 N–H and O–H groups in total. The molecule has 3 nitrogen and oxygen atoms in total. The van der Waals surface area contributed by atoms with Gasteiger partial charge in [-0.05, 0) is 12.1 Å². The van der Waals surface area contributed by atoms with Crippen LogP contribution in [-0.2, 0) is 0 Å². The standard InChI is InChI=1S/C11H17N3S/c15-10-9-13-5-7-14(8-6-13)11-3-1-2-4-12-11/h1-4,15H,5-10H2. The number of aromatic nitrogens is 1. The van der Waals surface area contributed by atoms with E-state index in [0.717, 1.165) is 44.3 Å². The number of hydrogen-bond donors (Lipinski definition) is 1. The van der Waals surface area contributed by atoms with E-state index in [-0.39, 0.29) is 0 Å². The first-order valence-electron chi connectivity index (χ1n) is 5.39. The Balaban J connectivity index is 1.88. The van der Waals surface area contributed by atoms with Crippen molar-refractivity contribution in [1.29, 1.82) is 0 Å². The van der Waals surface area contributed by atoms with Gasteiger partial charge in [-0.3, -0.25) is 4.90 Å². The zero-order chi connectivity index (χ0) is 10.5. The normalized spacial score (nSPS) is 18.1. The van der Waals surface area contributed by atoms with Crippen molar-refractivity contribution in [2.75, 3.05) is 43.4 Å². The highest BCUT2D eigenvalue weighted by molar-refractivity contribution is 7.80. The molecular weight excluding hydrogens is 206 g/mol. The fourth-order valence-corrected chi connectivity index (χ4v) is 2.17. The Kier molecular flexibility index (Phi) is 3.86. The van der Waals surface area contributed by atoms with E-state index in [4.69, 9.17) is 0 Å². The summed E-state index contributed by atoms with van der Waals surface area (Å²) in [6.07, 6.45) is 1.86. The minimum absolute atomic E-state index is 0.948. The molecule has 0 atom stereocenters. The molecule has 1 aromatic rings. The van der Waals surface area contributed by atoms with Crippen LogP contribution >= 0.6 is 12.6 Å². The first kappa shape index (κ1) is 10.8. The number of pyridine rings is 1. The van der Waals surface area contributed by atoms with Gasteiger partial charge in [0.15, 0.2) is 0 Å². The van der Waals surface area contributed by atoms with Gasteiger partial charge in [0.25, 0.3) is 0 Å². The molecular formula is C11H17N3S. The Bertz CT molecular complexity index is 283. The second-order valence-electron chi connectivity index (χ2n) is 3.74. The van der Waals surface area contributed by atoms with Gasteiger partial charge in [-0.1, -0.05) is 6.07 Å². The Morgan fingerprint density at radius 3 is 2.60 bits per heavy atom. The van der Waals surface area contributed by atoms with Crippen LogP contribution in [0.15, 0.2) is 24.4 Å². The van der Waals surface area contributed by atoms with Crippen LogP contribution in [0.1, 0.15) is 0 Å². The molecule has 0 unspecified atom stereocenters. The van der Waals surface area contributed by atoms with Gasteiger partial charge in [-0.2, -0.15) is 12.6 Å². The molecule has 0 spiro atoms. The topological polar surface area (TPSA) is 19.4 Å². The largest absolute Gasteiger partial charge is 0.354 e. The zero-order valence-corrected chi connectivity index (χ0v) is 9.74. The fourth-order valence-electron chi connectivity index (χ4n) is 1.88. The Morgan fingerprint density at radius 2 is 2.00 bits per heavy atom. The maximum Gasteiger partial charge on any atom is 0.128 e. The summed E-state index contributed by atoms with van der Waals surface area (Å²) >= 11 is 4.26. The van der Waals surface area contributed by atoms with Crippen LogP contribution < -0.4 is 4.90 Å². The van der Waals surface area contributed by atoms with Crippen molar-refractivity contribution in [3.05, 3.63) is 24.4 Å². The summed E-state index contributed by atoms with van der Waals surface area (Å²) in [5, 5.41) is 0. The van der Waals surface area contributed by atoms with Gasteiger partial charge < -0.3 is 4.90 Å². The van der Waals surface area contributed by atoms with Gasteiger partial charge >= 0.3 is 0 Å². The van der Waals surface area contributed by atoms with Crippen molar-refractivity contribution in [1.82, 2.24) is 9.88 Å². The number of hydrogen-bond acceptors (Lipinski definition) is 4. The molecule has 0 radical (unpaired) electrons. The summed E-state index contributed by atoms with van der Waals surface area (Å²) in [4.78, 5) is 9.16. The molecule has 15 heavy (non-hydrogen) atoms. The lowest BCUT2D eigenvalue weighted by molar-refractivity contribution is 0.273. The van der Waals surface area contributed by atoms with Gasteiger partial charge in [-0.15, -0.1) is 0 Å². The van der Waals surface area contributed by atoms with Gasteiger partial charge in [-0.25, -0.2) is 4.98 Å². The molecule has 0 aromatic carbocycles. The molecule has 1 fully saturated rings. The molecule has 0 amide bonds. The lowest BCUT2D eigenvalue weighted by Crippen LogP contribution is -2.47. The average molecular weight is 223 g/mol. The third-order valence-corrected chi connectivity index (χ3v) is 2.96. The number of rotatable bonds is 3. The highest BCUT2D eigenvalue weighted by atomic mass is 32.1. The first-order valence-corrected chi connectivity index (χ1v) is 6.02. The third-order valence-electron chi connectivity index (χ3n) is 2.76. The lowest BCUT2D eigenvalue weighted by Gasteiger charge is -2.35. The van der Waals surface area contributed by atoms with Crippen LogP contribution in [0.25, 0.3) is 0 Å². The van der Waals surface area contributed by atoms with Crippen LogP contribution in [0, 0.1) is 0 Å². The molecule has 2 heterocycles. The molecule has 0 bridgehead atoms. The monoisotopic (exact) mass is 223 g/mol. The highest BCUT2D eigenvalue weighted by Gasteiger charge is 2.16. The number of nitrogens with zero attached hydrogens (tertiary/aromatic N) is 3. The van der Waals surface area contributed by atoms with Crippen molar-refractivity contribution in [3.63, 3.8) is 0 Å². The molecule has 82 valence electrons. The van der Waals surface area contributed by atoms with Crippen molar-refractivity contribution in [3.8, 4) is 0 Å². The van der Waals surface area contributed by atoms with Crippen molar-refractivity contribution in [2.24, 2.45) is 0 Å². The van der Waals surface area contributed by atoms with Gasteiger partial charge in [0.1, 0.15) is 5.82 Å². The Morgan fingerprint density at radius 1 is 1.20 bits per heavy atom. The van der Waals surface area contributed by atoms with E-state index >= 15 is 0 Å². The predicted molar refractivity (Wildman–Crippen MR) is 66.7 cm³/mol. The van der Waals surface area contributed by atoms with Crippen LogP contribution in [0.5, 0.6) is 0 Å². The summed E-state index contributed by atoms with van der Waals surface area (Å²) < 4.78 is 0. The highest BCUT2D eigenvalue weighted by Crippen LogP contribution is 2.12. The zero-order valence-electron chi connectivity index (χ0n) is 8.84. The van der Waals surface area contributed by atoms with E-state index in [2.05, 4.69) is 33.5 Å². The molecule has 4 heteroatoms. The molecule has 1 aliphatic rings. The Hall–Kier alpha value is -0.740. The van der Waals surface area contributed by atoms with E-state index in [1.807, 2.05) is 18.3 Å². The minimum atomic E-state index is 0.948. The van der Waals surface area contributed by atoms with Crippen LogP contribution in [0.2, 0.25) is 0 Å². The van der Waals surface area contributed by atoms with Gasteiger partial charge in [0.2, 0.25) is 0 Å². The van der Waals surface area contributed by atoms with Gasteiger partial charge in [0.05, 0.1) is 0 Å². The summed E-state index contributed by atoms with van der Waals surface area (Å²) in [5.74, 6) is 2.05. The molecule has 0 aliphatic carbocycles. The fraction of sp³-hybridized carbons (Fsp3) is 0.545. The van der Waals surface area contributed by atoms with Crippen LogP contribution in [-0.4, -0.2) is 48.4 Å². The van der Waals surface area contributed by atoms with E-state index in [9.17, 15) is 0 Å². The second-order valence-corrected chi connectivity index (χ2v) is 4.19. The SMILES string of the molecule is SCCN1CCN(c2ccccn2)CC1. The summed E-state index contributed by atoms with van der Waals surface area (Å²) in [5.41, 5.74) is 0. The minimum Gasteiger partial charge on any atom is -0.354 e. The number of piperazine rings is 1. The summed E-state index contributed by atoms with van der Waals surface area (Å²) in [6.45, 7) is 5.49. The predicted octanol–water partition coefficient (Wildman–Crippen LogP) is 1.13. The second kappa shape index (κ2) is 5.37. The number of thiol groups is 1. The van der Waals surface area contributed by atoms with Crippen LogP contribution in [0.4, 0.5) is 5.82 Å². The summed E-state index contributed by atoms with van der Waals surface area (Å²) in [6, 6.07) is 6.08. The van der Waals surface area contributed by atoms with Crippen LogP contribution in [0.3, 0.4) is 0 Å². The molecule has 2 rings (SSSR count). The third kappa shape index (κ3) is 2.86. The maximum atomic E-state index is 4.37. The molecule has 1 aliphatic heterocycles.